The summed E-state index contributed by atoms with van der Waals surface area (Å²) in [5.41, 5.74) is 2.24. The molecule has 0 aliphatic heterocycles. The number of rotatable bonds is 3. The Morgan fingerprint density at radius 2 is 1.78 bits per heavy atom. The molecule has 2 rings (SSSR count). The van der Waals surface area contributed by atoms with Crippen LogP contribution in [0.4, 0.5) is 0 Å². The highest BCUT2D eigenvalue weighted by Crippen LogP contribution is 2.02. The Morgan fingerprint density at radius 3 is 2.33 bits per heavy atom. The molecule has 4 nitrogen and oxygen atoms in total. The average Bonchev–Trinajstić information content (AvgIpc) is 2.34. The third kappa shape index (κ3) is 2.69. The number of hydrogen-bond acceptors (Lipinski definition) is 3. The Balaban J connectivity index is 2.27. The zero-order valence-corrected chi connectivity index (χ0v) is 10.1. The first-order chi connectivity index (χ1) is 8.58. The standard InChI is InChI=1S/C13H14BNO3/c1-10-3-2-4-13(16)15(10)9-11-5-7-12(8-6-11)14(17)18/h2-8,17-18H,9H2,1H3. The van der Waals surface area contributed by atoms with Crippen molar-refractivity contribution >= 4 is 12.6 Å². The summed E-state index contributed by atoms with van der Waals surface area (Å²) in [7, 11) is -1.46. The van der Waals surface area contributed by atoms with Gasteiger partial charge in [-0.1, -0.05) is 30.3 Å². The van der Waals surface area contributed by atoms with E-state index in [4.69, 9.17) is 10.0 Å². The molecule has 0 saturated heterocycles. The molecule has 0 saturated carbocycles. The van der Waals surface area contributed by atoms with E-state index in [1.54, 1.807) is 34.9 Å². The predicted octanol–water partition coefficient (Wildman–Crippen LogP) is -0.115. The van der Waals surface area contributed by atoms with Crippen molar-refractivity contribution in [3.8, 4) is 0 Å². The smallest absolute Gasteiger partial charge is 0.423 e. The van der Waals surface area contributed by atoms with Crippen molar-refractivity contribution in [2.75, 3.05) is 0 Å². The van der Waals surface area contributed by atoms with Gasteiger partial charge in [0.05, 0.1) is 6.54 Å². The maximum atomic E-state index is 11.7. The minimum atomic E-state index is -1.46. The van der Waals surface area contributed by atoms with Gasteiger partial charge >= 0.3 is 7.12 Å². The van der Waals surface area contributed by atoms with Crippen LogP contribution in [0.1, 0.15) is 11.3 Å². The average molecular weight is 243 g/mol. The second-order valence-corrected chi connectivity index (χ2v) is 4.21. The van der Waals surface area contributed by atoms with E-state index in [2.05, 4.69) is 0 Å². The van der Waals surface area contributed by atoms with Gasteiger partial charge in [-0.15, -0.1) is 0 Å². The molecule has 18 heavy (non-hydrogen) atoms. The second kappa shape index (κ2) is 5.20. The maximum absolute atomic E-state index is 11.7. The molecule has 0 bridgehead atoms. The molecule has 5 heteroatoms. The van der Waals surface area contributed by atoms with Gasteiger partial charge in [-0.3, -0.25) is 4.79 Å². The number of pyridine rings is 1. The van der Waals surface area contributed by atoms with E-state index in [-0.39, 0.29) is 5.56 Å². The summed E-state index contributed by atoms with van der Waals surface area (Å²) in [6.07, 6.45) is 0. The number of aryl methyl sites for hydroxylation is 1. The molecule has 0 unspecified atom stereocenters. The lowest BCUT2D eigenvalue weighted by molar-refractivity contribution is 0.426. The predicted molar refractivity (Wildman–Crippen MR) is 70.8 cm³/mol. The van der Waals surface area contributed by atoms with Crippen molar-refractivity contribution in [1.29, 1.82) is 0 Å². The third-order valence-electron chi connectivity index (χ3n) is 2.89. The van der Waals surface area contributed by atoms with Gasteiger partial charge in [0.1, 0.15) is 0 Å². The van der Waals surface area contributed by atoms with Crippen LogP contribution < -0.4 is 11.0 Å². The number of aromatic nitrogens is 1. The first-order valence-electron chi connectivity index (χ1n) is 5.69. The minimum absolute atomic E-state index is 0.0405. The van der Waals surface area contributed by atoms with E-state index in [9.17, 15) is 4.79 Å². The lowest BCUT2D eigenvalue weighted by Gasteiger charge is -2.09. The number of benzene rings is 1. The van der Waals surface area contributed by atoms with Crippen LogP contribution in [0.15, 0.2) is 47.3 Å². The van der Waals surface area contributed by atoms with Gasteiger partial charge in [-0.2, -0.15) is 0 Å². The molecule has 0 amide bonds. The highest BCUT2D eigenvalue weighted by atomic mass is 16.4. The van der Waals surface area contributed by atoms with Gasteiger partial charge in [-0.05, 0) is 24.0 Å². The lowest BCUT2D eigenvalue weighted by atomic mass is 9.80. The Kier molecular flexibility index (Phi) is 3.65. The highest BCUT2D eigenvalue weighted by molar-refractivity contribution is 6.58. The molecular weight excluding hydrogens is 229 g/mol. The summed E-state index contributed by atoms with van der Waals surface area (Å²) >= 11 is 0. The van der Waals surface area contributed by atoms with Crippen molar-refractivity contribution < 1.29 is 10.0 Å². The minimum Gasteiger partial charge on any atom is -0.423 e. The van der Waals surface area contributed by atoms with Crippen LogP contribution in [0.2, 0.25) is 0 Å². The van der Waals surface area contributed by atoms with Crippen molar-refractivity contribution in [2.24, 2.45) is 0 Å². The topological polar surface area (TPSA) is 62.5 Å². The number of nitrogens with zero attached hydrogens (tertiary/aromatic N) is 1. The molecular formula is C13H14BNO3. The molecule has 1 aromatic heterocycles. The van der Waals surface area contributed by atoms with Gasteiger partial charge < -0.3 is 14.6 Å². The largest absolute Gasteiger partial charge is 0.488 e. The van der Waals surface area contributed by atoms with Gasteiger partial charge in [0.2, 0.25) is 0 Å². The Labute approximate surface area is 105 Å². The highest BCUT2D eigenvalue weighted by Gasteiger charge is 2.10. The van der Waals surface area contributed by atoms with Gasteiger partial charge in [-0.25, -0.2) is 0 Å². The molecule has 2 N–H and O–H groups in total. The van der Waals surface area contributed by atoms with Gasteiger partial charge in [0.25, 0.3) is 5.56 Å². The fourth-order valence-electron chi connectivity index (χ4n) is 1.80. The quantitative estimate of drug-likeness (QED) is 0.739. The molecule has 0 spiro atoms. The van der Waals surface area contributed by atoms with Crippen LogP contribution in [0.25, 0.3) is 0 Å². The van der Waals surface area contributed by atoms with E-state index in [0.29, 0.717) is 12.0 Å². The second-order valence-electron chi connectivity index (χ2n) is 4.21. The Hall–Kier alpha value is -1.85. The maximum Gasteiger partial charge on any atom is 0.488 e. The SMILES string of the molecule is Cc1cccc(=O)n1Cc1ccc(B(O)O)cc1. The van der Waals surface area contributed by atoms with Gasteiger partial charge in [0, 0.05) is 11.8 Å². The van der Waals surface area contributed by atoms with Crippen LogP contribution >= 0.6 is 0 Å². The van der Waals surface area contributed by atoms with E-state index in [1.807, 2.05) is 13.0 Å². The summed E-state index contributed by atoms with van der Waals surface area (Å²) in [6, 6.07) is 12.0. The fourth-order valence-corrected chi connectivity index (χ4v) is 1.80. The molecule has 0 fully saturated rings. The normalized spacial score (nSPS) is 10.4. The zero-order valence-electron chi connectivity index (χ0n) is 10.1. The summed E-state index contributed by atoms with van der Waals surface area (Å²) in [5, 5.41) is 18.0. The first kappa shape index (κ1) is 12.6. The number of hydrogen-bond donors (Lipinski definition) is 2. The van der Waals surface area contributed by atoms with E-state index in [0.717, 1.165) is 11.3 Å². The molecule has 0 aliphatic carbocycles. The summed E-state index contributed by atoms with van der Waals surface area (Å²) < 4.78 is 1.67. The van der Waals surface area contributed by atoms with Crippen LogP contribution in [-0.4, -0.2) is 21.7 Å². The monoisotopic (exact) mass is 243 g/mol. The zero-order chi connectivity index (χ0) is 13.1. The molecule has 92 valence electrons. The Bertz CT molecular complexity index is 590. The van der Waals surface area contributed by atoms with E-state index < -0.39 is 7.12 Å². The lowest BCUT2D eigenvalue weighted by Crippen LogP contribution is -2.29. The van der Waals surface area contributed by atoms with Crippen LogP contribution in [-0.2, 0) is 6.54 Å². The molecule has 0 aliphatic rings. The molecule has 0 radical (unpaired) electrons. The van der Waals surface area contributed by atoms with Crippen molar-refractivity contribution in [3.63, 3.8) is 0 Å². The van der Waals surface area contributed by atoms with Crippen molar-refractivity contribution in [2.45, 2.75) is 13.5 Å². The molecule has 1 aromatic carbocycles. The Morgan fingerprint density at radius 1 is 1.11 bits per heavy atom. The van der Waals surface area contributed by atoms with Crippen molar-refractivity contribution in [1.82, 2.24) is 4.57 Å². The van der Waals surface area contributed by atoms with E-state index >= 15 is 0 Å². The summed E-state index contributed by atoms with van der Waals surface area (Å²) in [4.78, 5) is 11.7. The summed E-state index contributed by atoms with van der Waals surface area (Å²) in [5.74, 6) is 0. The van der Waals surface area contributed by atoms with E-state index in [1.165, 1.54) is 6.07 Å². The molecule has 1 heterocycles. The van der Waals surface area contributed by atoms with Crippen LogP contribution in [0.5, 0.6) is 0 Å². The van der Waals surface area contributed by atoms with Crippen LogP contribution in [0, 0.1) is 6.92 Å². The first-order valence-corrected chi connectivity index (χ1v) is 5.69. The fraction of sp³-hybridized carbons (Fsp3) is 0.154. The third-order valence-corrected chi connectivity index (χ3v) is 2.89. The molecule has 0 atom stereocenters. The van der Waals surface area contributed by atoms with Crippen LogP contribution in [0.3, 0.4) is 0 Å². The van der Waals surface area contributed by atoms with Gasteiger partial charge in [0.15, 0.2) is 0 Å². The summed E-state index contributed by atoms with van der Waals surface area (Å²) in [6.45, 7) is 2.36. The molecule has 2 aromatic rings. The van der Waals surface area contributed by atoms with Crippen molar-refractivity contribution in [3.05, 3.63) is 64.1 Å².